The quantitative estimate of drug-likeness (QED) is 0.620. The van der Waals surface area contributed by atoms with Crippen molar-refractivity contribution in [2.24, 2.45) is 11.8 Å². The van der Waals surface area contributed by atoms with Crippen LogP contribution < -0.4 is 0 Å². The zero-order chi connectivity index (χ0) is 9.84. The minimum absolute atomic E-state index is 0.521. The summed E-state index contributed by atoms with van der Waals surface area (Å²) in [7, 11) is 0. The Balaban J connectivity index is 2.86. The molecule has 0 fully saturated rings. The van der Waals surface area contributed by atoms with Gasteiger partial charge in [-0.25, -0.2) is 0 Å². The molecule has 0 spiro atoms. The normalized spacial score (nSPS) is 15.7. The predicted molar refractivity (Wildman–Crippen MR) is 57.7 cm³/mol. The highest BCUT2D eigenvalue weighted by molar-refractivity contribution is 4.97. The zero-order valence-electron chi connectivity index (χ0n) is 8.77. The molecule has 0 unspecified atom stereocenters. The maximum absolute atomic E-state index is 3.86. The molecule has 0 aliphatic carbocycles. The van der Waals surface area contributed by atoms with Crippen LogP contribution in [0.4, 0.5) is 0 Å². The van der Waals surface area contributed by atoms with Gasteiger partial charge >= 0.3 is 0 Å². The molecule has 1 heterocycles. The van der Waals surface area contributed by atoms with Gasteiger partial charge in [-0.3, -0.25) is 0 Å². The molecule has 1 heteroatoms. The topological polar surface area (TPSA) is 4.93 Å². The molecule has 0 N–H and O–H groups in total. The third-order valence-electron chi connectivity index (χ3n) is 2.57. The van der Waals surface area contributed by atoms with E-state index in [1.54, 1.807) is 0 Å². The highest BCUT2D eigenvalue weighted by Crippen LogP contribution is 2.26. The Morgan fingerprint density at radius 3 is 2.08 bits per heavy atom. The zero-order valence-corrected chi connectivity index (χ0v) is 8.77. The lowest BCUT2D eigenvalue weighted by molar-refractivity contribution is 0.311. The van der Waals surface area contributed by atoms with Gasteiger partial charge in [0.1, 0.15) is 0 Å². The molecular formula is C12H19N. The van der Waals surface area contributed by atoms with Crippen LogP contribution >= 0.6 is 0 Å². The van der Waals surface area contributed by atoms with Crippen LogP contribution in [0.2, 0.25) is 0 Å². The third kappa shape index (κ3) is 2.24. The molecule has 1 nitrogen and oxygen atoms in total. The van der Waals surface area contributed by atoms with Crippen LogP contribution in [0.25, 0.3) is 0 Å². The van der Waals surface area contributed by atoms with Crippen LogP contribution in [0.3, 0.4) is 0 Å². The first-order valence-corrected chi connectivity index (χ1v) is 4.91. The maximum Gasteiger partial charge on any atom is 0.0413 e. The van der Waals surface area contributed by atoms with Crippen molar-refractivity contribution >= 4 is 0 Å². The van der Waals surface area contributed by atoms with Gasteiger partial charge < -0.3 is 4.57 Å². The second kappa shape index (κ2) is 4.31. The van der Waals surface area contributed by atoms with Crippen LogP contribution in [0.1, 0.15) is 26.8 Å². The van der Waals surface area contributed by atoms with Gasteiger partial charge in [0.2, 0.25) is 0 Å². The van der Waals surface area contributed by atoms with Crippen molar-refractivity contribution in [2.75, 3.05) is 0 Å². The first-order valence-electron chi connectivity index (χ1n) is 4.91. The van der Waals surface area contributed by atoms with Crippen molar-refractivity contribution < 1.29 is 0 Å². The molecule has 0 saturated heterocycles. The Kier molecular flexibility index (Phi) is 3.35. The molecule has 72 valence electrons. The molecule has 0 amide bonds. The largest absolute Gasteiger partial charge is 0.350 e. The van der Waals surface area contributed by atoms with Crippen molar-refractivity contribution in [3.8, 4) is 0 Å². The standard InChI is InChI=1S/C12H19N/c1-5-11(4)12(10(2)3)13-8-6-7-9-13/h5-12H,1H2,2-4H3/t11-,12-/m1/s1. The summed E-state index contributed by atoms with van der Waals surface area (Å²) in [5.41, 5.74) is 0. The summed E-state index contributed by atoms with van der Waals surface area (Å²) in [6.07, 6.45) is 6.29. The predicted octanol–water partition coefficient (Wildman–Crippen LogP) is 3.51. The van der Waals surface area contributed by atoms with Crippen LogP contribution in [-0.4, -0.2) is 4.57 Å². The van der Waals surface area contributed by atoms with Crippen molar-refractivity contribution in [2.45, 2.75) is 26.8 Å². The summed E-state index contributed by atoms with van der Waals surface area (Å²) in [6, 6.07) is 4.68. The maximum atomic E-state index is 3.86. The lowest BCUT2D eigenvalue weighted by Crippen LogP contribution is -2.19. The molecule has 13 heavy (non-hydrogen) atoms. The summed E-state index contributed by atoms with van der Waals surface area (Å²) in [5.74, 6) is 1.16. The Morgan fingerprint density at radius 2 is 1.69 bits per heavy atom. The monoisotopic (exact) mass is 177 g/mol. The number of hydrogen-bond donors (Lipinski definition) is 0. The fraction of sp³-hybridized carbons (Fsp3) is 0.500. The smallest absolute Gasteiger partial charge is 0.0413 e. The molecule has 1 rings (SSSR count). The van der Waals surface area contributed by atoms with E-state index in [2.05, 4.69) is 56.4 Å². The minimum atomic E-state index is 0.521. The van der Waals surface area contributed by atoms with E-state index >= 15 is 0 Å². The average molecular weight is 177 g/mol. The van der Waals surface area contributed by atoms with E-state index in [-0.39, 0.29) is 0 Å². The number of nitrogens with zero attached hydrogens (tertiary/aromatic N) is 1. The van der Waals surface area contributed by atoms with Gasteiger partial charge in [-0.05, 0) is 24.0 Å². The van der Waals surface area contributed by atoms with Crippen LogP contribution in [-0.2, 0) is 0 Å². The number of rotatable bonds is 4. The minimum Gasteiger partial charge on any atom is -0.350 e. The van der Waals surface area contributed by atoms with Gasteiger partial charge in [-0.2, -0.15) is 0 Å². The molecule has 0 bridgehead atoms. The van der Waals surface area contributed by atoms with Crippen LogP contribution in [0, 0.1) is 11.8 Å². The van der Waals surface area contributed by atoms with Crippen LogP contribution in [0.5, 0.6) is 0 Å². The third-order valence-corrected chi connectivity index (χ3v) is 2.57. The van der Waals surface area contributed by atoms with E-state index in [0.29, 0.717) is 17.9 Å². The summed E-state index contributed by atoms with van der Waals surface area (Å²) in [6.45, 7) is 10.6. The average Bonchev–Trinajstić information content (AvgIpc) is 2.56. The fourth-order valence-electron chi connectivity index (χ4n) is 1.91. The number of hydrogen-bond acceptors (Lipinski definition) is 0. The molecule has 0 aliphatic heterocycles. The Bertz CT molecular complexity index is 246. The Morgan fingerprint density at radius 1 is 1.15 bits per heavy atom. The van der Waals surface area contributed by atoms with Gasteiger partial charge in [-0.1, -0.05) is 26.8 Å². The summed E-state index contributed by atoms with van der Waals surface area (Å²) in [4.78, 5) is 0. The van der Waals surface area contributed by atoms with Crippen molar-refractivity contribution in [1.29, 1.82) is 0 Å². The second-order valence-corrected chi connectivity index (χ2v) is 3.96. The van der Waals surface area contributed by atoms with Crippen LogP contribution in [0.15, 0.2) is 37.2 Å². The number of aromatic nitrogens is 1. The molecule has 0 radical (unpaired) electrons. The van der Waals surface area contributed by atoms with Gasteiger partial charge in [-0.15, -0.1) is 6.58 Å². The lowest BCUT2D eigenvalue weighted by Gasteiger charge is -2.27. The summed E-state index contributed by atoms with van der Waals surface area (Å²) < 4.78 is 2.27. The van der Waals surface area contributed by atoms with Crippen molar-refractivity contribution in [3.05, 3.63) is 37.2 Å². The van der Waals surface area contributed by atoms with E-state index in [1.807, 2.05) is 6.08 Å². The highest BCUT2D eigenvalue weighted by atomic mass is 15.0. The second-order valence-electron chi connectivity index (χ2n) is 3.96. The van der Waals surface area contributed by atoms with Crippen molar-refractivity contribution in [3.63, 3.8) is 0 Å². The van der Waals surface area contributed by atoms with Gasteiger partial charge in [0.25, 0.3) is 0 Å². The van der Waals surface area contributed by atoms with Gasteiger partial charge in [0, 0.05) is 18.4 Å². The van der Waals surface area contributed by atoms with E-state index in [4.69, 9.17) is 0 Å². The van der Waals surface area contributed by atoms with E-state index in [1.165, 1.54) is 0 Å². The summed E-state index contributed by atoms with van der Waals surface area (Å²) in [5, 5.41) is 0. The molecule has 0 aromatic carbocycles. The van der Waals surface area contributed by atoms with E-state index in [9.17, 15) is 0 Å². The lowest BCUT2D eigenvalue weighted by atomic mass is 9.92. The molecule has 1 aromatic rings. The van der Waals surface area contributed by atoms with Gasteiger partial charge in [0.05, 0.1) is 0 Å². The SMILES string of the molecule is C=C[C@@H](C)[C@@H](C(C)C)n1cccc1. The highest BCUT2D eigenvalue weighted by Gasteiger charge is 2.18. The molecule has 0 saturated carbocycles. The van der Waals surface area contributed by atoms with E-state index in [0.717, 1.165) is 0 Å². The molecule has 0 aliphatic rings. The van der Waals surface area contributed by atoms with E-state index < -0.39 is 0 Å². The van der Waals surface area contributed by atoms with Crippen molar-refractivity contribution in [1.82, 2.24) is 4.57 Å². The first kappa shape index (κ1) is 10.1. The molecule has 1 aromatic heterocycles. The Labute approximate surface area is 81.1 Å². The fourth-order valence-corrected chi connectivity index (χ4v) is 1.91. The number of allylic oxidation sites excluding steroid dienone is 1. The summed E-state index contributed by atoms with van der Waals surface area (Å²) >= 11 is 0. The molecule has 2 atom stereocenters. The first-order chi connectivity index (χ1) is 6.16. The molecular weight excluding hydrogens is 158 g/mol. The Hall–Kier alpha value is -0.980. The van der Waals surface area contributed by atoms with Gasteiger partial charge in [0.15, 0.2) is 0 Å².